The van der Waals surface area contributed by atoms with E-state index in [2.05, 4.69) is 4.98 Å². The molecule has 0 N–H and O–H groups in total. The van der Waals surface area contributed by atoms with Gasteiger partial charge in [0.05, 0.1) is 18.0 Å². The van der Waals surface area contributed by atoms with Gasteiger partial charge >= 0.3 is 0 Å². The molecule has 4 nitrogen and oxygen atoms in total. The lowest BCUT2D eigenvalue weighted by Crippen LogP contribution is -2.19. The number of aromatic nitrogens is 2. The van der Waals surface area contributed by atoms with Crippen molar-refractivity contribution in [1.29, 1.82) is 0 Å². The monoisotopic (exact) mass is 190 g/mol. The number of methoxy groups -OCH3 is 1. The van der Waals surface area contributed by atoms with Crippen LogP contribution in [0.5, 0.6) is 6.01 Å². The van der Waals surface area contributed by atoms with Gasteiger partial charge < -0.3 is 4.74 Å². The van der Waals surface area contributed by atoms with Gasteiger partial charge in [-0.25, -0.2) is 0 Å². The molecule has 0 saturated heterocycles. The smallest absolute Gasteiger partial charge is 0.299 e. The van der Waals surface area contributed by atoms with Gasteiger partial charge in [0.15, 0.2) is 0 Å². The van der Waals surface area contributed by atoms with Gasteiger partial charge in [0, 0.05) is 7.05 Å². The first-order valence-corrected chi connectivity index (χ1v) is 4.24. The Morgan fingerprint density at radius 3 is 2.79 bits per heavy atom. The van der Waals surface area contributed by atoms with Gasteiger partial charge in [0.1, 0.15) is 0 Å². The van der Waals surface area contributed by atoms with E-state index < -0.39 is 0 Å². The minimum Gasteiger partial charge on any atom is -0.468 e. The van der Waals surface area contributed by atoms with Crippen LogP contribution in [0.4, 0.5) is 0 Å². The lowest BCUT2D eigenvalue weighted by molar-refractivity contribution is 0.359. The maximum Gasteiger partial charge on any atom is 0.299 e. The van der Waals surface area contributed by atoms with Crippen molar-refractivity contribution in [2.75, 3.05) is 7.11 Å². The summed E-state index contributed by atoms with van der Waals surface area (Å²) in [4.78, 5) is 15.9. The van der Waals surface area contributed by atoms with E-state index in [0.717, 1.165) is 0 Å². The molecular formula is C10H10N2O2. The second-order valence-corrected chi connectivity index (χ2v) is 2.98. The minimum atomic E-state index is -0.0903. The number of ether oxygens (including phenoxy) is 1. The molecule has 14 heavy (non-hydrogen) atoms. The Morgan fingerprint density at radius 1 is 1.36 bits per heavy atom. The van der Waals surface area contributed by atoms with E-state index in [4.69, 9.17) is 4.74 Å². The van der Waals surface area contributed by atoms with E-state index >= 15 is 0 Å². The van der Waals surface area contributed by atoms with Crippen LogP contribution < -0.4 is 10.3 Å². The van der Waals surface area contributed by atoms with Gasteiger partial charge in [-0.15, -0.1) is 0 Å². The van der Waals surface area contributed by atoms with E-state index in [1.807, 2.05) is 12.1 Å². The van der Waals surface area contributed by atoms with E-state index in [-0.39, 0.29) is 5.56 Å². The molecule has 72 valence electrons. The summed E-state index contributed by atoms with van der Waals surface area (Å²) in [5, 5.41) is 0.607. The molecule has 4 heteroatoms. The average molecular weight is 190 g/mol. The Labute approximate surface area is 80.8 Å². The lowest BCUT2D eigenvalue weighted by Gasteiger charge is -2.06. The molecule has 0 spiro atoms. The summed E-state index contributed by atoms with van der Waals surface area (Å²) >= 11 is 0. The van der Waals surface area contributed by atoms with Crippen LogP contribution in [0.25, 0.3) is 10.9 Å². The zero-order valence-corrected chi connectivity index (χ0v) is 8.02. The Hall–Kier alpha value is -1.84. The van der Waals surface area contributed by atoms with E-state index in [1.54, 1.807) is 19.2 Å². The third-order valence-electron chi connectivity index (χ3n) is 2.12. The number of para-hydroxylation sites is 1. The normalized spacial score (nSPS) is 10.4. The summed E-state index contributed by atoms with van der Waals surface area (Å²) < 4.78 is 6.38. The predicted octanol–water partition coefficient (Wildman–Crippen LogP) is 0.942. The maximum atomic E-state index is 11.8. The fourth-order valence-corrected chi connectivity index (χ4v) is 1.38. The van der Waals surface area contributed by atoms with Gasteiger partial charge in [0.25, 0.3) is 11.6 Å². The summed E-state index contributed by atoms with van der Waals surface area (Å²) in [5.41, 5.74) is 0.569. The van der Waals surface area contributed by atoms with Crippen LogP contribution in [-0.4, -0.2) is 16.7 Å². The number of hydrogen-bond acceptors (Lipinski definition) is 3. The molecule has 0 fully saturated rings. The maximum absolute atomic E-state index is 11.8. The molecule has 1 heterocycles. The van der Waals surface area contributed by atoms with Crippen molar-refractivity contribution in [2.24, 2.45) is 7.05 Å². The lowest BCUT2D eigenvalue weighted by atomic mass is 10.2. The molecule has 2 aromatic rings. The van der Waals surface area contributed by atoms with Crippen molar-refractivity contribution in [3.63, 3.8) is 0 Å². The topological polar surface area (TPSA) is 44.1 Å². The molecule has 0 saturated carbocycles. The Morgan fingerprint density at radius 2 is 2.07 bits per heavy atom. The average Bonchev–Trinajstić information content (AvgIpc) is 2.23. The van der Waals surface area contributed by atoms with Crippen molar-refractivity contribution in [1.82, 2.24) is 9.55 Å². The Balaban J connectivity index is 2.92. The predicted molar refractivity (Wildman–Crippen MR) is 53.5 cm³/mol. The highest BCUT2D eigenvalue weighted by Gasteiger charge is 2.06. The van der Waals surface area contributed by atoms with Crippen molar-refractivity contribution in [2.45, 2.75) is 0 Å². The molecule has 0 aliphatic carbocycles. The highest BCUT2D eigenvalue weighted by atomic mass is 16.5. The van der Waals surface area contributed by atoms with Crippen LogP contribution in [-0.2, 0) is 7.05 Å². The number of nitrogens with zero attached hydrogens (tertiary/aromatic N) is 2. The molecule has 0 amide bonds. The fraction of sp³-hybridized carbons (Fsp3) is 0.200. The van der Waals surface area contributed by atoms with Crippen LogP contribution in [0, 0.1) is 0 Å². The number of benzene rings is 1. The Bertz CT molecular complexity index is 531. The van der Waals surface area contributed by atoms with Crippen LogP contribution in [0.15, 0.2) is 29.1 Å². The third-order valence-corrected chi connectivity index (χ3v) is 2.12. The van der Waals surface area contributed by atoms with Crippen LogP contribution in [0.1, 0.15) is 0 Å². The SMILES string of the molecule is COc1nc2ccccc2c(=O)n1C. The molecular weight excluding hydrogens is 180 g/mol. The zero-order chi connectivity index (χ0) is 10.1. The van der Waals surface area contributed by atoms with Crippen molar-refractivity contribution in [3.05, 3.63) is 34.6 Å². The van der Waals surface area contributed by atoms with Crippen LogP contribution in [0.3, 0.4) is 0 Å². The largest absolute Gasteiger partial charge is 0.468 e. The summed E-state index contributed by atoms with van der Waals surface area (Å²) in [5.74, 6) is 0. The van der Waals surface area contributed by atoms with E-state index in [1.165, 1.54) is 11.7 Å². The van der Waals surface area contributed by atoms with Gasteiger partial charge in [-0.1, -0.05) is 12.1 Å². The van der Waals surface area contributed by atoms with E-state index in [0.29, 0.717) is 16.9 Å². The van der Waals surface area contributed by atoms with Crippen molar-refractivity contribution < 1.29 is 4.74 Å². The molecule has 0 atom stereocenters. The highest BCUT2D eigenvalue weighted by Crippen LogP contribution is 2.10. The molecule has 1 aromatic carbocycles. The Kier molecular flexibility index (Phi) is 1.96. The summed E-state index contributed by atoms with van der Waals surface area (Å²) in [6, 6.07) is 7.53. The number of fused-ring (bicyclic) bond motifs is 1. The molecule has 2 rings (SSSR count). The second kappa shape index (κ2) is 3.14. The molecule has 0 unspecified atom stereocenters. The van der Waals surface area contributed by atoms with Crippen molar-refractivity contribution >= 4 is 10.9 Å². The van der Waals surface area contributed by atoms with Crippen LogP contribution in [0.2, 0.25) is 0 Å². The van der Waals surface area contributed by atoms with Crippen molar-refractivity contribution in [3.8, 4) is 6.01 Å². The van der Waals surface area contributed by atoms with E-state index in [9.17, 15) is 4.79 Å². The number of rotatable bonds is 1. The summed E-state index contributed by atoms with van der Waals surface area (Å²) in [6.45, 7) is 0. The molecule has 0 aliphatic heterocycles. The van der Waals surface area contributed by atoms with Gasteiger partial charge in [-0.2, -0.15) is 4.98 Å². The fourth-order valence-electron chi connectivity index (χ4n) is 1.38. The number of hydrogen-bond donors (Lipinski definition) is 0. The quantitative estimate of drug-likeness (QED) is 0.672. The summed E-state index contributed by atoms with van der Waals surface area (Å²) in [7, 11) is 3.14. The van der Waals surface area contributed by atoms with Gasteiger partial charge in [0.2, 0.25) is 0 Å². The van der Waals surface area contributed by atoms with Crippen LogP contribution >= 0.6 is 0 Å². The zero-order valence-electron chi connectivity index (χ0n) is 8.02. The second-order valence-electron chi connectivity index (χ2n) is 2.98. The first kappa shape index (κ1) is 8.74. The highest BCUT2D eigenvalue weighted by molar-refractivity contribution is 5.77. The third kappa shape index (κ3) is 1.16. The molecule has 0 aliphatic rings. The van der Waals surface area contributed by atoms with Gasteiger partial charge in [-0.3, -0.25) is 9.36 Å². The molecule has 0 radical (unpaired) electrons. The minimum absolute atomic E-state index is 0.0903. The first-order valence-electron chi connectivity index (χ1n) is 4.24. The molecule has 1 aromatic heterocycles. The van der Waals surface area contributed by atoms with Gasteiger partial charge in [-0.05, 0) is 12.1 Å². The standard InChI is InChI=1S/C10H10N2O2/c1-12-9(13)7-5-3-4-6-8(7)11-10(12)14-2/h3-6H,1-2H3. The first-order chi connectivity index (χ1) is 6.74. The molecule has 0 bridgehead atoms. The summed E-state index contributed by atoms with van der Waals surface area (Å²) in [6.07, 6.45) is 0.